The molecule has 0 bridgehead atoms. The number of primary sulfonamides is 1. The van der Waals surface area contributed by atoms with E-state index in [4.69, 9.17) is 5.14 Å². The normalized spacial score (nSPS) is 13.2. The topological polar surface area (TPSA) is 106 Å². The Morgan fingerprint density at radius 2 is 1.70 bits per heavy atom. The summed E-state index contributed by atoms with van der Waals surface area (Å²) >= 11 is 0. The zero-order valence-corrected chi connectivity index (χ0v) is 13.0. The lowest BCUT2D eigenvalue weighted by Crippen LogP contribution is -2.26. The SMILES string of the molecule is CC(C)(C)CS(=O)(=O)Nc1cc(F)cc(S(N)(=O)=O)c1. The highest BCUT2D eigenvalue weighted by molar-refractivity contribution is 7.92. The molecule has 0 aliphatic carbocycles. The van der Waals surface area contributed by atoms with E-state index in [2.05, 4.69) is 4.72 Å². The molecule has 0 heterocycles. The van der Waals surface area contributed by atoms with Crippen molar-refractivity contribution >= 4 is 25.7 Å². The van der Waals surface area contributed by atoms with Crippen molar-refractivity contribution in [1.29, 1.82) is 0 Å². The number of hydrogen-bond donors (Lipinski definition) is 2. The highest BCUT2D eigenvalue weighted by Gasteiger charge is 2.22. The second-order valence-corrected chi connectivity index (χ2v) is 8.93. The summed E-state index contributed by atoms with van der Waals surface area (Å²) in [7, 11) is -7.84. The minimum atomic E-state index is -4.11. The number of hydrogen-bond acceptors (Lipinski definition) is 4. The van der Waals surface area contributed by atoms with Crippen LogP contribution in [0.1, 0.15) is 20.8 Å². The predicted molar refractivity (Wildman–Crippen MR) is 74.6 cm³/mol. The average molecular weight is 324 g/mol. The molecule has 0 radical (unpaired) electrons. The molecule has 0 aliphatic heterocycles. The fraction of sp³-hybridized carbons (Fsp3) is 0.455. The van der Waals surface area contributed by atoms with Crippen LogP contribution in [-0.4, -0.2) is 22.6 Å². The molecule has 1 aromatic carbocycles. The first-order valence-electron chi connectivity index (χ1n) is 5.62. The Balaban J connectivity index is 3.14. The van der Waals surface area contributed by atoms with E-state index in [1.807, 2.05) is 0 Å². The molecule has 20 heavy (non-hydrogen) atoms. The molecule has 0 spiro atoms. The van der Waals surface area contributed by atoms with Crippen LogP contribution < -0.4 is 9.86 Å². The standard InChI is InChI=1S/C11H17FN2O4S2/c1-11(2,3)7-19(15,16)14-9-4-8(12)5-10(6-9)20(13,17)18/h4-6,14H,7H2,1-3H3,(H2,13,17,18). The smallest absolute Gasteiger partial charge is 0.238 e. The van der Waals surface area contributed by atoms with Crippen LogP contribution in [0.2, 0.25) is 0 Å². The summed E-state index contributed by atoms with van der Waals surface area (Å²) in [4.78, 5) is -0.494. The number of nitrogens with two attached hydrogens (primary N) is 1. The molecule has 0 saturated carbocycles. The van der Waals surface area contributed by atoms with Gasteiger partial charge in [-0.05, 0) is 23.6 Å². The Morgan fingerprint density at radius 3 is 2.15 bits per heavy atom. The van der Waals surface area contributed by atoms with Gasteiger partial charge < -0.3 is 0 Å². The quantitative estimate of drug-likeness (QED) is 0.869. The Labute approximate surface area is 118 Å². The molecule has 0 atom stereocenters. The predicted octanol–water partition coefficient (Wildman–Crippen LogP) is 1.26. The van der Waals surface area contributed by atoms with Crippen molar-refractivity contribution in [2.75, 3.05) is 10.5 Å². The zero-order chi connectivity index (χ0) is 15.8. The van der Waals surface area contributed by atoms with Gasteiger partial charge in [-0.1, -0.05) is 20.8 Å². The van der Waals surface area contributed by atoms with Gasteiger partial charge in [0.2, 0.25) is 20.0 Å². The summed E-state index contributed by atoms with van der Waals surface area (Å²) in [5.74, 6) is -1.09. The largest absolute Gasteiger partial charge is 0.283 e. The van der Waals surface area contributed by atoms with E-state index in [1.54, 1.807) is 20.8 Å². The van der Waals surface area contributed by atoms with E-state index in [-0.39, 0.29) is 11.4 Å². The summed E-state index contributed by atoms with van der Waals surface area (Å²) in [6, 6.07) is 2.57. The second-order valence-electron chi connectivity index (χ2n) is 5.64. The van der Waals surface area contributed by atoms with E-state index >= 15 is 0 Å². The van der Waals surface area contributed by atoms with E-state index in [1.165, 1.54) is 0 Å². The van der Waals surface area contributed by atoms with Crippen molar-refractivity contribution in [1.82, 2.24) is 0 Å². The molecule has 0 saturated heterocycles. The van der Waals surface area contributed by atoms with Gasteiger partial charge in [0.05, 0.1) is 16.3 Å². The van der Waals surface area contributed by atoms with Gasteiger partial charge in [-0.3, -0.25) is 4.72 Å². The lowest BCUT2D eigenvalue weighted by atomic mass is 10.0. The maximum atomic E-state index is 13.3. The number of benzene rings is 1. The number of halogens is 1. The molecule has 6 nitrogen and oxygen atoms in total. The molecule has 1 rings (SSSR count). The van der Waals surface area contributed by atoms with Gasteiger partial charge in [0.15, 0.2) is 0 Å². The Bertz CT molecular complexity index is 706. The Hall–Kier alpha value is -1.19. The van der Waals surface area contributed by atoms with Gasteiger partial charge in [0.1, 0.15) is 5.82 Å². The van der Waals surface area contributed by atoms with E-state index in [0.29, 0.717) is 0 Å². The van der Waals surface area contributed by atoms with Crippen molar-refractivity contribution in [3.05, 3.63) is 24.0 Å². The second kappa shape index (κ2) is 5.30. The third-order valence-corrected chi connectivity index (χ3v) is 4.78. The average Bonchev–Trinajstić information content (AvgIpc) is 2.09. The third-order valence-electron chi connectivity index (χ3n) is 2.10. The van der Waals surface area contributed by atoms with E-state index in [0.717, 1.165) is 18.2 Å². The van der Waals surface area contributed by atoms with Crippen LogP contribution in [-0.2, 0) is 20.0 Å². The molecular formula is C11H17FN2O4S2. The van der Waals surface area contributed by atoms with Crippen molar-refractivity contribution in [3.8, 4) is 0 Å². The van der Waals surface area contributed by atoms with Crippen molar-refractivity contribution in [2.24, 2.45) is 10.6 Å². The van der Waals surface area contributed by atoms with Crippen molar-refractivity contribution in [2.45, 2.75) is 25.7 Å². The van der Waals surface area contributed by atoms with Gasteiger partial charge >= 0.3 is 0 Å². The first kappa shape index (κ1) is 16.9. The van der Waals surface area contributed by atoms with Crippen LogP contribution in [0.3, 0.4) is 0 Å². The van der Waals surface area contributed by atoms with Crippen LogP contribution >= 0.6 is 0 Å². The third kappa shape index (κ3) is 5.43. The number of sulfonamides is 2. The number of anilines is 1. The molecular weight excluding hydrogens is 307 g/mol. The molecule has 0 amide bonds. The minimum Gasteiger partial charge on any atom is -0.283 e. The first-order valence-corrected chi connectivity index (χ1v) is 8.82. The molecule has 9 heteroatoms. The van der Waals surface area contributed by atoms with Crippen LogP contribution in [0.25, 0.3) is 0 Å². The van der Waals surface area contributed by atoms with Gasteiger partial charge in [0, 0.05) is 0 Å². The summed E-state index contributed by atoms with van der Waals surface area (Å²) in [5, 5.41) is 4.89. The maximum Gasteiger partial charge on any atom is 0.238 e. The fourth-order valence-electron chi connectivity index (χ4n) is 1.57. The van der Waals surface area contributed by atoms with Crippen LogP contribution in [0.4, 0.5) is 10.1 Å². The van der Waals surface area contributed by atoms with Gasteiger partial charge in [-0.15, -0.1) is 0 Å². The Morgan fingerprint density at radius 1 is 1.15 bits per heavy atom. The van der Waals surface area contributed by atoms with Gasteiger partial charge in [0.25, 0.3) is 0 Å². The molecule has 0 unspecified atom stereocenters. The maximum absolute atomic E-state index is 13.3. The zero-order valence-electron chi connectivity index (χ0n) is 11.3. The van der Waals surface area contributed by atoms with Gasteiger partial charge in [-0.2, -0.15) is 0 Å². The molecule has 0 aromatic heterocycles. The molecule has 0 aliphatic rings. The number of nitrogens with one attached hydrogen (secondary N) is 1. The molecule has 1 aromatic rings. The monoisotopic (exact) mass is 324 g/mol. The summed E-state index contributed by atoms with van der Waals surface area (Å²) < 4.78 is 61.5. The minimum absolute atomic E-state index is 0.182. The molecule has 3 N–H and O–H groups in total. The van der Waals surface area contributed by atoms with E-state index < -0.39 is 36.2 Å². The highest BCUT2D eigenvalue weighted by atomic mass is 32.2. The molecule has 114 valence electrons. The first-order chi connectivity index (χ1) is 8.78. The van der Waals surface area contributed by atoms with Crippen LogP contribution in [0, 0.1) is 11.2 Å². The molecule has 0 fully saturated rings. The van der Waals surface area contributed by atoms with Crippen molar-refractivity contribution < 1.29 is 21.2 Å². The number of rotatable bonds is 4. The van der Waals surface area contributed by atoms with E-state index in [9.17, 15) is 21.2 Å². The lowest BCUT2D eigenvalue weighted by Gasteiger charge is -2.19. The summed E-state index contributed by atoms with van der Waals surface area (Å²) in [6.45, 7) is 5.19. The van der Waals surface area contributed by atoms with Gasteiger partial charge in [-0.25, -0.2) is 26.4 Å². The fourth-order valence-corrected chi connectivity index (χ4v) is 3.83. The van der Waals surface area contributed by atoms with Crippen LogP contribution in [0.5, 0.6) is 0 Å². The van der Waals surface area contributed by atoms with Crippen LogP contribution in [0.15, 0.2) is 23.1 Å². The summed E-state index contributed by atoms with van der Waals surface area (Å²) in [5.41, 5.74) is -0.680. The lowest BCUT2D eigenvalue weighted by molar-refractivity contribution is 0.463. The Kier molecular flexibility index (Phi) is 4.47. The van der Waals surface area contributed by atoms with Crippen molar-refractivity contribution in [3.63, 3.8) is 0 Å². The highest BCUT2D eigenvalue weighted by Crippen LogP contribution is 2.21. The summed E-state index contributed by atoms with van der Waals surface area (Å²) in [6.07, 6.45) is 0.